The number of hydrogen-bond acceptors (Lipinski definition) is 7. The zero-order chi connectivity index (χ0) is 19.3. The highest BCUT2D eigenvalue weighted by Gasteiger charge is 2.43. The van der Waals surface area contributed by atoms with Crippen molar-refractivity contribution in [1.29, 1.82) is 0 Å². The highest BCUT2D eigenvalue weighted by Crippen LogP contribution is 2.19. The van der Waals surface area contributed by atoms with Gasteiger partial charge in [0.05, 0.1) is 11.5 Å². The van der Waals surface area contributed by atoms with E-state index in [-0.39, 0.29) is 31.8 Å². The topological polar surface area (TPSA) is 111 Å². The summed E-state index contributed by atoms with van der Waals surface area (Å²) < 4.78 is 41.3. The van der Waals surface area contributed by atoms with Gasteiger partial charge >= 0.3 is 18.2 Å². The fraction of sp³-hybridized carbons (Fsp3) is 0.429. The van der Waals surface area contributed by atoms with Gasteiger partial charge in [-0.15, -0.1) is 5.06 Å². The Bertz CT molecular complexity index is 679. The predicted molar refractivity (Wildman–Crippen MR) is 78.5 cm³/mol. The summed E-state index contributed by atoms with van der Waals surface area (Å²) in [6.45, 7) is -0.201. The molecule has 2 rings (SSSR count). The molecule has 1 heterocycles. The number of nitro benzene ring substituents is 1. The minimum Gasteiger partial charge on any atom is -0.445 e. The molecule has 0 radical (unpaired) electrons. The van der Waals surface area contributed by atoms with Gasteiger partial charge in [-0.25, -0.2) is 9.59 Å². The van der Waals surface area contributed by atoms with Crippen molar-refractivity contribution in [2.75, 3.05) is 13.1 Å². The van der Waals surface area contributed by atoms with Crippen molar-refractivity contribution in [3.05, 3.63) is 39.9 Å². The van der Waals surface area contributed by atoms with Crippen LogP contribution in [0.4, 0.5) is 23.7 Å². The van der Waals surface area contributed by atoms with Crippen molar-refractivity contribution in [1.82, 2.24) is 10.4 Å². The molecule has 0 bridgehead atoms. The molecule has 0 saturated carbocycles. The quantitative estimate of drug-likeness (QED) is 0.616. The number of alkyl carbamates (subject to hydrolysis) is 1. The highest BCUT2D eigenvalue weighted by molar-refractivity contribution is 5.75. The van der Waals surface area contributed by atoms with E-state index < -0.39 is 29.2 Å². The number of benzene rings is 1. The van der Waals surface area contributed by atoms with Crippen LogP contribution in [-0.2, 0) is 21.0 Å². The largest absolute Gasteiger partial charge is 0.492 e. The van der Waals surface area contributed by atoms with E-state index in [4.69, 9.17) is 4.74 Å². The highest BCUT2D eigenvalue weighted by atomic mass is 19.4. The van der Waals surface area contributed by atoms with Crippen LogP contribution < -0.4 is 5.32 Å². The Kier molecular flexibility index (Phi) is 5.97. The summed E-state index contributed by atoms with van der Waals surface area (Å²) in [6.07, 6.45) is -5.62. The van der Waals surface area contributed by atoms with E-state index in [9.17, 15) is 32.9 Å². The molecular formula is C14H14F3N3O6. The van der Waals surface area contributed by atoms with E-state index >= 15 is 0 Å². The van der Waals surface area contributed by atoms with Crippen LogP contribution in [0.2, 0.25) is 0 Å². The summed E-state index contributed by atoms with van der Waals surface area (Å²) in [7, 11) is 0. The van der Waals surface area contributed by atoms with Gasteiger partial charge in [0, 0.05) is 24.7 Å². The first kappa shape index (κ1) is 19.4. The van der Waals surface area contributed by atoms with Crippen LogP contribution in [-0.4, -0.2) is 47.4 Å². The molecule has 1 N–H and O–H groups in total. The maximum Gasteiger partial charge on any atom is 0.492 e. The second-order valence-corrected chi connectivity index (χ2v) is 5.39. The normalized spacial score (nSPS) is 17.6. The molecular weight excluding hydrogens is 363 g/mol. The minimum absolute atomic E-state index is 0.0368. The van der Waals surface area contributed by atoms with E-state index in [2.05, 4.69) is 10.2 Å². The molecule has 1 aromatic rings. The third-order valence-electron chi connectivity index (χ3n) is 3.43. The summed E-state index contributed by atoms with van der Waals surface area (Å²) in [5.74, 6) is -2.32. The van der Waals surface area contributed by atoms with Crippen LogP contribution in [0.25, 0.3) is 0 Å². The Morgan fingerprint density at radius 2 is 1.96 bits per heavy atom. The van der Waals surface area contributed by atoms with E-state index in [0.29, 0.717) is 5.56 Å². The molecule has 1 saturated heterocycles. The summed E-state index contributed by atoms with van der Waals surface area (Å²) in [5, 5.41) is 13.8. The Hall–Kier alpha value is -2.89. The number of rotatable bonds is 5. The van der Waals surface area contributed by atoms with Gasteiger partial charge in [0.1, 0.15) is 6.61 Å². The van der Waals surface area contributed by atoms with Crippen molar-refractivity contribution in [3.8, 4) is 0 Å². The molecule has 1 aromatic carbocycles. The van der Waals surface area contributed by atoms with Crippen LogP contribution in [0.5, 0.6) is 0 Å². The first-order valence-electron chi connectivity index (χ1n) is 7.36. The maximum atomic E-state index is 12.1. The number of ether oxygens (including phenoxy) is 1. The molecule has 9 nitrogen and oxygen atoms in total. The molecule has 1 fully saturated rings. The molecule has 0 aliphatic carbocycles. The predicted octanol–water partition coefficient (Wildman–Crippen LogP) is 1.92. The summed E-state index contributed by atoms with van der Waals surface area (Å²) in [6, 6.07) is 4.85. The van der Waals surface area contributed by atoms with Crippen molar-refractivity contribution >= 4 is 17.7 Å². The number of carbonyl (C=O) groups excluding carboxylic acids is 2. The Labute approximate surface area is 144 Å². The van der Waals surface area contributed by atoms with E-state index in [1.165, 1.54) is 24.3 Å². The average Bonchev–Trinajstić information content (AvgIpc) is 2.99. The number of halogens is 3. The van der Waals surface area contributed by atoms with Crippen molar-refractivity contribution in [2.45, 2.75) is 25.2 Å². The number of nitrogens with zero attached hydrogens (tertiary/aromatic N) is 2. The minimum atomic E-state index is -5.09. The van der Waals surface area contributed by atoms with Crippen LogP contribution in [0.1, 0.15) is 12.0 Å². The zero-order valence-corrected chi connectivity index (χ0v) is 13.2. The molecule has 12 heteroatoms. The number of carbonyl (C=O) groups is 2. The van der Waals surface area contributed by atoms with Crippen LogP contribution in [0.15, 0.2) is 24.3 Å². The molecule has 0 spiro atoms. The standard InChI is InChI=1S/C14H14F3N3O6/c15-14(16,17)12(21)26-19-6-5-10(7-19)18-13(22)25-8-9-1-3-11(4-2-9)20(23)24/h1-4,10H,5-8H2,(H,18,22)/t10-/m1/s1. The zero-order valence-electron chi connectivity index (χ0n) is 13.2. The molecule has 1 atom stereocenters. The lowest BCUT2D eigenvalue weighted by molar-refractivity contribution is -0.384. The second kappa shape index (κ2) is 7.99. The molecule has 26 heavy (non-hydrogen) atoms. The number of nitro groups is 1. The molecule has 1 aliphatic rings. The van der Waals surface area contributed by atoms with E-state index in [1.807, 2.05) is 0 Å². The Morgan fingerprint density at radius 3 is 2.54 bits per heavy atom. The van der Waals surface area contributed by atoms with Gasteiger partial charge in [0.2, 0.25) is 0 Å². The average molecular weight is 377 g/mol. The van der Waals surface area contributed by atoms with E-state index in [1.54, 1.807) is 0 Å². The Morgan fingerprint density at radius 1 is 1.31 bits per heavy atom. The lowest BCUT2D eigenvalue weighted by atomic mass is 10.2. The van der Waals surface area contributed by atoms with Gasteiger partial charge < -0.3 is 14.9 Å². The third-order valence-corrected chi connectivity index (χ3v) is 3.43. The second-order valence-electron chi connectivity index (χ2n) is 5.39. The lowest BCUT2D eigenvalue weighted by Gasteiger charge is -2.16. The SMILES string of the molecule is O=C(N[C@@H]1CCN(OC(=O)C(F)(F)F)C1)OCc1ccc([N+](=O)[O-])cc1. The fourth-order valence-corrected chi connectivity index (χ4v) is 2.17. The van der Waals surface area contributed by atoms with Crippen LogP contribution in [0, 0.1) is 10.1 Å². The summed E-state index contributed by atoms with van der Waals surface area (Å²) in [5.41, 5.74) is 0.426. The van der Waals surface area contributed by atoms with Gasteiger partial charge in [-0.05, 0) is 24.1 Å². The van der Waals surface area contributed by atoms with Crippen LogP contribution >= 0.6 is 0 Å². The lowest BCUT2D eigenvalue weighted by Crippen LogP contribution is -2.39. The van der Waals surface area contributed by atoms with Gasteiger partial charge in [0.15, 0.2) is 0 Å². The van der Waals surface area contributed by atoms with Crippen LogP contribution in [0.3, 0.4) is 0 Å². The number of hydroxylamine groups is 2. The van der Waals surface area contributed by atoms with Gasteiger partial charge in [-0.1, -0.05) is 0 Å². The maximum absolute atomic E-state index is 12.1. The number of hydrogen-bond donors (Lipinski definition) is 1. The fourth-order valence-electron chi connectivity index (χ4n) is 2.17. The number of amides is 1. The van der Waals surface area contributed by atoms with Crippen molar-refractivity contribution in [2.24, 2.45) is 0 Å². The molecule has 142 valence electrons. The first-order chi connectivity index (χ1) is 12.1. The van der Waals surface area contributed by atoms with Gasteiger partial charge in [-0.3, -0.25) is 10.1 Å². The number of alkyl halides is 3. The summed E-state index contributed by atoms with van der Waals surface area (Å²) >= 11 is 0. The monoisotopic (exact) mass is 377 g/mol. The molecule has 1 amide bonds. The smallest absolute Gasteiger partial charge is 0.445 e. The molecule has 0 unspecified atom stereocenters. The third kappa shape index (κ3) is 5.58. The van der Waals surface area contributed by atoms with Gasteiger partial charge in [0.25, 0.3) is 5.69 Å². The van der Waals surface area contributed by atoms with Crippen molar-refractivity contribution < 1.29 is 37.3 Å². The molecule has 0 aromatic heterocycles. The Balaban J connectivity index is 1.73. The number of nitrogens with one attached hydrogen (secondary N) is 1. The number of non-ortho nitro benzene ring substituents is 1. The molecule has 1 aliphatic heterocycles. The first-order valence-corrected chi connectivity index (χ1v) is 7.36. The van der Waals surface area contributed by atoms with Gasteiger partial charge in [-0.2, -0.15) is 13.2 Å². The van der Waals surface area contributed by atoms with Crippen molar-refractivity contribution in [3.63, 3.8) is 0 Å². The van der Waals surface area contributed by atoms with E-state index in [0.717, 1.165) is 5.06 Å². The summed E-state index contributed by atoms with van der Waals surface area (Å²) in [4.78, 5) is 36.6.